The van der Waals surface area contributed by atoms with Crippen LogP contribution in [0.3, 0.4) is 0 Å². The number of fused-ring (bicyclic) bond motifs is 4. The van der Waals surface area contributed by atoms with Crippen LogP contribution in [0.25, 0.3) is 0 Å². The third-order valence-electron chi connectivity index (χ3n) is 6.79. The number of aryl methyl sites for hydroxylation is 4. The van der Waals surface area contributed by atoms with Gasteiger partial charge in [-0.1, -0.05) is 72.1 Å². The van der Waals surface area contributed by atoms with Crippen molar-refractivity contribution in [2.24, 2.45) is 0 Å². The summed E-state index contributed by atoms with van der Waals surface area (Å²) in [4.78, 5) is 8.05. The summed E-state index contributed by atoms with van der Waals surface area (Å²) in [7, 11) is 0. The van der Waals surface area contributed by atoms with E-state index in [0.717, 1.165) is 13.0 Å². The molecule has 2 aliphatic rings. The molecule has 2 heterocycles. The van der Waals surface area contributed by atoms with Crippen molar-refractivity contribution in [3.8, 4) is 0 Å². The maximum atomic E-state index is 2.45. The Kier molecular flexibility index (Phi) is 6.50. The van der Waals surface area contributed by atoms with Gasteiger partial charge in [0.2, 0.25) is 0 Å². The normalized spacial score (nSPS) is 13.1. The molecule has 0 spiro atoms. The zero-order valence-electron chi connectivity index (χ0n) is 20.6. The maximum Gasteiger partial charge on any atom is 0.0582 e. The average molecular weight is 482 g/mol. The number of rotatable bonds is 1. The molecule has 2 aliphatic heterocycles. The zero-order chi connectivity index (χ0) is 23.8. The van der Waals surface area contributed by atoms with Gasteiger partial charge in [-0.3, -0.25) is 0 Å². The van der Waals surface area contributed by atoms with Crippen molar-refractivity contribution in [2.75, 3.05) is 11.4 Å². The van der Waals surface area contributed by atoms with Gasteiger partial charge in [0, 0.05) is 32.5 Å². The van der Waals surface area contributed by atoms with E-state index in [4.69, 9.17) is 0 Å². The van der Waals surface area contributed by atoms with Gasteiger partial charge in [0.1, 0.15) is 0 Å². The molecule has 0 saturated heterocycles. The Balaban J connectivity index is 0.000000142. The van der Waals surface area contributed by atoms with E-state index in [9.17, 15) is 0 Å². The summed E-state index contributed by atoms with van der Waals surface area (Å²) in [5.74, 6) is 0. The van der Waals surface area contributed by atoms with Crippen LogP contribution in [0.4, 0.5) is 11.4 Å². The molecule has 0 bridgehead atoms. The van der Waals surface area contributed by atoms with Gasteiger partial charge in [-0.2, -0.15) is 0 Å². The fourth-order valence-corrected chi connectivity index (χ4v) is 7.47. The molecular weight excluding hydrogens is 450 g/mol. The van der Waals surface area contributed by atoms with Gasteiger partial charge >= 0.3 is 0 Å². The number of anilines is 2. The maximum absolute atomic E-state index is 2.45. The summed E-state index contributed by atoms with van der Waals surface area (Å²) in [6, 6.07) is 26.3. The van der Waals surface area contributed by atoms with Crippen LogP contribution in [-0.2, 0) is 6.42 Å². The molecule has 4 aromatic rings. The van der Waals surface area contributed by atoms with Crippen LogP contribution in [0, 0.1) is 27.7 Å². The van der Waals surface area contributed by atoms with E-state index in [-0.39, 0.29) is 0 Å². The standard InChI is InChI=1S/C16H17NS.C15H14S/c1-4-17-15-11(2)7-5-9-13(15)18-14-10-6-8-12(3)16(14)17;1-10-5-3-7-14-12(10)9-13-11(2)6-4-8-15(13)16-14/h5-10H,4H2,1-3H3;3-8H,9H2,1-2H3. The van der Waals surface area contributed by atoms with E-state index in [2.05, 4.69) is 112 Å². The molecule has 0 atom stereocenters. The quantitative estimate of drug-likeness (QED) is 0.235. The molecule has 0 fully saturated rings. The fourth-order valence-electron chi connectivity index (χ4n) is 4.96. The summed E-state index contributed by atoms with van der Waals surface area (Å²) in [6.07, 6.45) is 1.09. The van der Waals surface area contributed by atoms with Crippen LogP contribution in [0.15, 0.2) is 92.4 Å². The SMILES string of the molecule is CCN1c2c(C)cccc2Sc2cccc(C)c21.Cc1cccc2c1Cc1c(C)cccc1S2. The molecule has 34 heavy (non-hydrogen) atoms. The monoisotopic (exact) mass is 481 g/mol. The lowest BCUT2D eigenvalue weighted by Crippen LogP contribution is -2.22. The molecule has 6 rings (SSSR count). The van der Waals surface area contributed by atoms with Crippen molar-refractivity contribution in [2.45, 2.75) is 60.6 Å². The lowest BCUT2D eigenvalue weighted by Gasteiger charge is -2.34. The molecule has 0 amide bonds. The Morgan fingerprint density at radius 3 is 1.38 bits per heavy atom. The Bertz CT molecular complexity index is 1270. The molecule has 172 valence electrons. The minimum absolute atomic E-state index is 1.01. The highest BCUT2D eigenvalue weighted by molar-refractivity contribution is 8.00. The highest BCUT2D eigenvalue weighted by atomic mass is 32.2. The molecule has 0 aromatic heterocycles. The summed E-state index contributed by atoms with van der Waals surface area (Å²) >= 11 is 3.80. The van der Waals surface area contributed by atoms with Crippen molar-refractivity contribution < 1.29 is 0 Å². The minimum Gasteiger partial charge on any atom is -0.339 e. The fraction of sp³-hybridized carbons (Fsp3) is 0.226. The second-order valence-electron chi connectivity index (χ2n) is 9.07. The van der Waals surface area contributed by atoms with Gasteiger partial charge in [-0.05, 0) is 92.3 Å². The van der Waals surface area contributed by atoms with Crippen LogP contribution < -0.4 is 4.90 Å². The molecular formula is C31H31NS2. The molecule has 0 radical (unpaired) electrons. The number of nitrogens with zero attached hydrogens (tertiary/aromatic N) is 1. The third-order valence-corrected chi connectivity index (χ3v) is 9.09. The second kappa shape index (κ2) is 9.56. The lowest BCUT2D eigenvalue weighted by atomic mass is 9.97. The first-order valence-corrected chi connectivity index (χ1v) is 13.6. The molecule has 0 aliphatic carbocycles. The minimum atomic E-state index is 1.01. The molecule has 0 unspecified atom stereocenters. The predicted molar refractivity (Wildman–Crippen MR) is 148 cm³/mol. The number of hydrogen-bond donors (Lipinski definition) is 0. The first-order valence-electron chi connectivity index (χ1n) is 12.0. The van der Waals surface area contributed by atoms with Crippen molar-refractivity contribution >= 4 is 34.9 Å². The van der Waals surface area contributed by atoms with Crippen molar-refractivity contribution in [3.63, 3.8) is 0 Å². The molecule has 3 heteroatoms. The highest BCUT2D eigenvalue weighted by Crippen LogP contribution is 2.50. The lowest BCUT2D eigenvalue weighted by molar-refractivity contribution is 0.962. The van der Waals surface area contributed by atoms with Crippen LogP contribution in [0.2, 0.25) is 0 Å². The number of benzene rings is 4. The van der Waals surface area contributed by atoms with Crippen molar-refractivity contribution in [1.82, 2.24) is 0 Å². The van der Waals surface area contributed by atoms with E-state index in [1.165, 1.54) is 64.3 Å². The van der Waals surface area contributed by atoms with Crippen LogP contribution >= 0.6 is 23.5 Å². The number of para-hydroxylation sites is 2. The molecule has 0 saturated carbocycles. The first kappa shape index (κ1) is 23.1. The third kappa shape index (κ3) is 4.16. The van der Waals surface area contributed by atoms with Crippen molar-refractivity contribution in [1.29, 1.82) is 0 Å². The Morgan fingerprint density at radius 1 is 0.559 bits per heavy atom. The first-order chi connectivity index (χ1) is 16.5. The highest BCUT2D eigenvalue weighted by Gasteiger charge is 2.24. The van der Waals surface area contributed by atoms with Gasteiger partial charge in [-0.25, -0.2) is 0 Å². The summed E-state index contributed by atoms with van der Waals surface area (Å²) in [5.41, 5.74) is 11.3. The van der Waals surface area contributed by atoms with Gasteiger partial charge in [0.15, 0.2) is 0 Å². The molecule has 0 N–H and O–H groups in total. The summed E-state index contributed by atoms with van der Waals surface area (Å²) in [5, 5.41) is 0. The molecule has 1 nitrogen and oxygen atoms in total. The second-order valence-corrected chi connectivity index (χ2v) is 11.2. The largest absolute Gasteiger partial charge is 0.339 e. The predicted octanol–water partition coefficient (Wildman–Crippen LogP) is 9.28. The van der Waals surface area contributed by atoms with Crippen molar-refractivity contribution in [3.05, 3.63) is 106 Å². The van der Waals surface area contributed by atoms with Gasteiger partial charge < -0.3 is 4.90 Å². The number of hydrogen-bond acceptors (Lipinski definition) is 3. The van der Waals surface area contributed by atoms with E-state index in [0.29, 0.717) is 0 Å². The van der Waals surface area contributed by atoms with E-state index >= 15 is 0 Å². The average Bonchev–Trinajstić information content (AvgIpc) is 2.83. The van der Waals surface area contributed by atoms with Crippen LogP contribution in [-0.4, -0.2) is 6.54 Å². The Hall–Kier alpha value is -2.62. The Morgan fingerprint density at radius 2 is 0.941 bits per heavy atom. The summed E-state index contributed by atoms with van der Waals surface area (Å²) < 4.78 is 0. The van der Waals surface area contributed by atoms with E-state index in [1.807, 2.05) is 23.5 Å². The smallest absolute Gasteiger partial charge is 0.0582 e. The van der Waals surface area contributed by atoms with Gasteiger partial charge in [0.25, 0.3) is 0 Å². The topological polar surface area (TPSA) is 3.24 Å². The van der Waals surface area contributed by atoms with Crippen LogP contribution in [0.5, 0.6) is 0 Å². The van der Waals surface area contributed by atoms with Gasteiger partial charge in [-0.15, -0.1) is 0 Å². The van der Waals surface area contributed by atoms with E-state index < -0.39 is 0 Å². The Labute approximate surface area is 212 Å². The zero-order valence-corrected chi connectivity index (χ0v) is 22.2. The van der Waals surface area contributed by atoms with Crippen LogP contribution in [0.1, 0.15) is 40.3 Å². The van der Waals surface area contributed by atoms with Gasteiger partial charge in [0.05, 0.1) is 11.4 Å². The summed E-state index contributed by atoms with van der Waals surface area (Å²) in [6.45, 7) is 12.1. The molecule has 4 aromatic carbocycles. The van der Waals surface area contributed by atoms with E-state index in [1.54, 1.807) is 0 Å².